The Morgan fingerprint density at radius 1 is 1.05 bits per heavy atom. The zero-order valence-corrected chi connectivity index (χ0v) is 12.2. The lowest BCUT2D eigenvalue weighted by molar-refractivity contribution is 0.101. The first-order chi connectivity index (χ1) is 10.2. The third kappa shape index (κ3) is 3.96. The zero-order valence-electron chi connectivity index (χ0n) is 12.2. The van der Waals surface area contributed by atoms with E-state index in [4.69, 9.17) is 9.47 Å². The van der Waals surface area contributed by atoms with Crippen molar-refractivity contribution in [3.63, 3.8) is 0 Å². The van der Waals surface area contributed by atoms with Crippen LogP contribution in [0.4, 0.5) is 0 Å². The summed E-state index contributed by atoms with van der Waals surface area (Å²) in [7, 11) is 1.54. The van der Waals surface area contributed by atoms with Gasteiger partial charge in [0.15, 0.2) is 5.78 Å². The molecule has 0 atom stereocenters. The largest absolute Gasteiger partial charge is 0.496 e. The lowest BCUT2D eigenvalue weighted by Crippen LogP contribution is -2.03. The topological polar surface area (TPSA) is 35.5 Å². The van der Waals surface area contributed by atoms with Crippen molar-refractivity contribution in [3.8, 4) is 11.5 Å². The molecular formula is C18H18O3. The molecule has 108 valence electrons. The molecular weight excluding hydrogens is 264 g/mol. The van der Waals surface area contributed by atoms with Crippen LogP contribution in [-0.4, -0.2) is 19.5 Å². The van der Waals surface area contributed by atoms with E-state index in [2.05, 4.69) is 0 Å². The summed E-state index contributed by atoms with van der Waals surface area (Å²) in [6.07, 6.45) is 3.90. The fraction of sp³-hybridized carbons (Fsp3) is 0.167. The van der Waals surface area contributed by atoms with Gasteiger partial charge in [0.25, 0.3) is 0 Å². The minimum Gasteiger partial charge on any atom is -0.496 e. The Morgan fingerprint density at radius 3 is 2.43 bits per heavy atom. The molecule has 0 radical (unpaired) electrons. The molecule has 0 aliphatic rings. The number of rotatable bonds is 6. The molecule has 21 heavy (non-hydrogen) atoms. The van der Waals surface area contributed by atoms with E-state index in [0.717, 1.165) is 5.56 Å². The van der Waals surface area contributed by atoms with E-state index in [9.17, 15) is 4.79 Å². The van der Waals surface area contributed by atoms with Gasteiger partial charge in [-0.05, 0) is 30.7 Å². The van der Waals surface area contributed by atoms with Gasteiger partial charge < -0.3 is 9.47 Å². The van der Waals surface area contributed by atoms with Gasteiger partial charge in [-0.1, -0.05) is 42.5 Å². The van der Waals surface area contributed by atoms with E-state index in [1.54, 1.807) is 19.2 Å². The molecule has 0 amide bonds. The van der Waals surface area contributed by atoms with E-state index >= 15 is 0 Å². The van der Waals surface area contributed by atoms with Crippen molar-refractivity contribution in [2.24, 2.45) is 0 Å². The van der Waals surface area contributed by atoms with E-state index in [1.165, 1.54) is 6.92 Å². The van der Waals surface area contributed by atoms with Crippen LogP contribution in [0.2, 0.25) is 0 Å². The van der Waals surface area contributed by atoms with Crippen LogP contribution in [0.25, 0.3) is 6.08 Å². The maximum absolute atomic E-state index is 11.7. The highest BCUT2D eigenvalue weighted by Gasteiger charge is 2.14. The van der Waals surface area contributed by atoms with Gasteiger partial charge in [0.05, 0.1) is 7.11 Å². The maximum Gasteiger partial charge on any atom is 0.167 e. The molecule has 0 N–H and O–H groups in total. The minimum atomic E-state index is -0.0745. The summed E-state index contributed by atoms with van der Waals surface area (Å²) >= 11 is 0. The molecule has 0 aliphatic heterocycles. The number of Topliss-reactive ketones (excluding diaryl/α,β-unsaturated/α-hetero) is 1. The Bertz CT molecular complexity index is 630. The highest BCUT2D eigenvalue weighted by molar-refractivity contribution is 5.99. The van der Waals surface area contributed by atoms with Gasteiger partial charge in [-0.3, -0.25) is 4.79 Å². The van der Waals surface area contributed by atoms with Gasteiger partial charge in [0.2, 0.25) is 0 Å². The average molecular weight is 282 g/mol. The average Bonchev–Trinajstić information content (AvgIpc) is 2.52. The van der Waals surface area contributed by atoms with Crippen molar-refractivity contribution < 1.29 is 14.3 Å². The fourth-order valence-electron chi connectivity index (χ4n) is 2.03. The molecule has 0 aliphatic carbocycles. The maximum atomic E-state index is 11.7. The van der Waals surface area contributed by atoms with Crippen LogP contribution in [0.15, 0.2) is 54.6 Å². The third-order valence-corrected chi connectivity index (χ3v) is 3.00. The smallest absolute Gasteiger partial charge is 0.167 e. The molecule has 0 aromatic heterocycles. The minimum absolute atomic E-state index is 0.0745. The molecule has 3 heteroatoms. The molecule has 0 bridgehead atoms. The molecule has 2 aromatic carbocycles. The van der Waals surface area contributed by atoms with Crippen molar-refractivity contribution in [1.29, 1.82) is 0 Å². The number of carbonyl (C=O) groups is 1. The number of ketones is 1. The van der Waals surface area contributed by atoms with Crippen molar-refractivity contribution in [2.45, 2.75) is 6.92 Å². The van der Waals surface area contributed by atoms with Gasteiger partial charge in [-0.15, -0.1) is 0 Å². The van der Waals surface area contributed by atoms with Crippen LogP contribution < -0.4 is 9.47 Å². The summed E-state index contributed by atoms with van der Waals surface area (Å²) < 4.78 is 10.9. The van der Waals surface area contributed by atoms with E-state index in [-0.39, 0.29) is 5.78 Å². The quantitative estimate of drug-likeness (QED) is 0.751. The van der Waals surface area contributed by atoms with Crippen LogP contribution in [-0.2, 0) is 0 Å². The Kier molecular flexibility index (Phi) is 5.16. The lowest BCUT2D eigenvalue weighted by atomic mass is 10.1. The van der Waals surface area contributed by atoms with Gasteiger partial charge >= 0.3 is 0 Å². The molecule has 2 rings (SSSR count). The van der Waals surface area contributed by atoms with E-state index in [1.807, 2.05) is 48.6 Å². The van der Waals surface area contributed by atoms with Gasteiger partial charge in [0, 0.05) is 0 Å². The molecule has 0 heterocycles. The predicted octanol–water partition coefficient (Wildman–Crippen LogP) is 3.99. The summed E-state index contributed by atoms with van der Waals surface area (Å²) in [5.74, 6) is 1.00. The summed E-state index contributed by atoms with van der Waals surface area (Å²) in [4.78, 5) is 11.7. The van der Waals surface area contributed by atoms with Gasteiger partial charge in [0.1, 0.15) is 23.7 Å². The van der Waals surface area contributed by atoms with E-state index in [0.29, 0.717) is 23.7 Å². The first kappa shape index (κ1) is 14.9. The van der Waals surface area contributed by atoms with Crippen molar-refractivity contribution in [2.75, 3.05) is 13.7 Å². The first-order valence-electron chi connectivity index (χ1n) is 6.74. The standard InChI is InChI=1S/C18H18O3/c1-14(19)18-16(20-2)11-6-12-17(18)21-13-7-10-15-8-4-3-5-9-15/h3-12H,13H2,1-2H3/b10-7+. The number of benzene rings is 2. The summed E-state index contributed by atoms with van der Waals surface area (Å²) in [6.45, 7) is 1.90. The van der Waals surface area contributed by atoms with Crippen LogP contribution in [0.3, 0.4) is 0 Å². The molecule has 0 saturated heterocycles. The second-order valence-corrected chi connectivity index (χ2v) is 4.51. The number of hydrogen-bond donors (Lipinski definition) is 0. The molecule has 0 saturated carbocycles. The molecule has 0 unspecified atom stereocenters. The van der Waals surface area contributed by atoms with Gasteiger partial charge in [-0.25, -0.2) is 0 Å². The Balaban J connectivity index is 2.07. The summed E-state index contributed by atoms with van der Waals surface area (Å²) in [6, 6.07) is 15.3. The third-order valence-electron chi connectivity index (χ3n) is 3.00. The number of methoxy groups -OCH3 is 1. The number of hydrogen-bond acceptors (Lipinski definition) is 3. The van der Waals surface area contributed by atoms with Crippen molar-refractivity contribution >= 4 is 11.9 Å². The summed E-state index contributed by atoms with van der Waals surface area (Å²) in [5.41, 5.74) is 1.59. The van der Waals surface area contributed by atoms with E-state index < -0.39 is 0 Å². The first-order valence-corrected chi connectivity index (χ1v) is 6.74. The monoisotopic (exact) mass is 282 g/mol. The predicted molar refractivity (Wildman–Crippen MR) is 84.0 cm³/mol. The van der Waals surface area contributed by atoms with Crippen molar-refractivity contribution in [3.05, 3.63) is 65.7 Å². The van der Waals surface area contributed by atoms with Crippen LogP contribution >= 0.6 is 0 Å². The Labute approximate surface area is 124 Å². The van der Waals surface area contributed by atoms with Crippen LogP contribution in [0.1, 0.15) is 22.8 Å². The molecule has 3 nitrogen and oxygen atoms in total. The molecule has 0 fully saturated rings. The number of carbonyl (C=O) groups excluding carboxylic acids is 1. The molecule has 0 spiro atoms. The Morgan fingerprint density at radius 2 is 1.76 bits per heavy atom. The normalized spacial score (nSPS) is 10.6. The molecule has 2 aromatic rings. The van der Waals surface area contributed by atoms with Crippen LogP contribution in [0, 0.1) is 0 Å². The number of ether oxygens (including phenoxy) is 2. The Hall–Kier alpha value is -2.55. The lowest BCUT2D eigenvalue weighted by Gasteiger charge is -2.11. The van der Waals surface area contributed by atoms with Gasteiger partial charge in [-0.2, -0.15) is 0 Å². The zero-order chi connectivity index (χ0) is 15.1. The van der Waals surface area contributed by atoms with Crippen molar-refractivity contribution in [1.82, 2.24) is 0 Å². The highest BCUT2D eigenvalue weighted by Crippen LogP contribution is 2.28. The summed E-state index contributed by atoms with van der Waals surface area (Å²) in [5, 5.41) is 0. The highest BCUT2D eigenvalue weighted by atomic mass is 16.5. The SMILES string of the molecule is COc1cccc(OC/C=C/c2ccccc2)c1C(C)=O. The second kappa shape index (κ2) is 7.29. The van der Waals surface area contributed by atoms with Crippen LogP contribution in [0.5, 0.6) is 11.5 Å². The second-order valence-electron chi connectivity index (χ2n) is 4.51. The fourth-order valence-corrected chi connectivity index (χ4v) is 2.03.